The first kappa shape index (κ1) is 15.2. The van der Waals surface area contributed by atoms with E-state index in [2.05, 4.69) is 10.9 Å². The summed E-state index contributed by atoms with van der Waals surface area (Å²) in [5.41, 5.74) is 4.75. The van der Waals surface area contributed by atoms with E-state index in [0.717, 1.165) is 6.42 Å². The van der Waals surface area contributed by atoms with Crippen molar-refractivity contribution in [3.63, 3.8) is 0 Å². The lowest BCUT2D eigenvalue weighted by Crippen LogP contribution is -2.50. The second kappa shape index (κ2) is 6.97. The summed E-state index contributed by atoms with van der Waals surface area (Å²) < 4.78 is 11.0. The number of benzene rings is 1. The van der Waals surface area contributed by atoms with Gasteiger partial charge in [-0.1, -0.05) is 26.0 Å². The SMILES string of the molecule is CC(C)CCC(=O)NNC(=O)C1COc2ccccc2O1. The molecule has 0 saturated heterocycles. The quantitative estimate of drug-likeness (QED) is 0.823. The lowest BCUT2D eigenvalue weighted by Gasteiger charge is -2.25. The molecule has 2 amide bonds. The van der Waals surface area contributed by atoms with E-state index in [1.165, 1.54) is 0 Å². The number of hydrazine groups is 1. The molecule has 1 aromatic rings. The highest BCUT2D eigenvalue weighted by atomic mass is 16.6. The van der Waals surface area contributed by atoms with Gasteiger partial charge in [0.05, 0.1) is 0 Å². The van der Waals surface area contributed by atoms with Gasteiger partial charge in [-0.2, -0.15) is 0 Å². The highest BCUT2D eigenvalue weighted by Crippen LogP contribution is 2.30. The van der Waals surface area contributed by atoms with Crippen molar-refractivity contribution in [2.75, 3.05) is 6.61 Å². The summed E-state index contributed by atoms with van der Waals surface area (Å²) in [4.78, 5) is 23.5. The Morgan fingerprint density at radius 3 is 2.67 bits per heavy atom. The molecule has 1 heterocycles. The fourth-order valence-corrected chi connectivity index (χ4v) is 1.84. The molecule has 0 bridgehead atoms. The zero-order chi connectivity index (χ0) is 15.2. The molecule has 6 heteroatoms. The number of fused-ring (bicyclic) bond motifs is 1. The third-order valence-electron chi connectivity index (χ3n) is 3.07. The van der Waals surface area contributed by atoms with Crippen molar-refractivity contribution in [1.29, 1.82) is 0 Å². The molecule has 0 radical (unpaired) electrons. The fraction of sp³-hybridized carbons (Fsp3) is 0.467. The number of carbonyl (C=O) groups excluding carboxylic acids is 2. The molecule has 1 unspecified atom stereocenters. The molecule has 0 aromatic heterocycles. The smallest absolute Gasteiger partial charge is 0.283 e. The number of rotatable bonds is 4. The van der Waals surface area contributed by atoms with E-state index in [-0.39, 0.29) is 12.5 Å². The van der Waals surface area contributed by atoms with Crippen LogP contribution in [-0.2, 0) is 9.59 Å². The van der Waals surface area contributed by atoms with Gasteiger partial charge in [-0.05, 0) is 24.5 Å². The Morgan fingerprint density at radius 1 is 1.24 bits per heavy atom. The molecule has 1 aliphatic heterocycles. The molecule has 2 N–H and O–H groups in total. The van der Waals surface area contributed by atoms with Crippen molar-refractivity contribution in [3.05, 3.63) is 24.3 Å². The monoisotopic (exact) mass is 292 g/mol. The molecule has 21 heavy (non-hydrogen) atoms. The summed E-state index contributed by atoms with van der Waals surface area (Å²) in [6, 6.07) is 7.14. The van der Waals surface area contributed by atoms with Gasteiger partial charge in [0.15, 0.2) is 11.5 Å². The van der Waals surface area contributed by atoms with Gasteiger partial charge >= 0.3 is 0 Å². The first-order valence-electron chi connectivity index (χ1n) is 7.03. The Bertz CT molecular complexity index is 516. The third kappa shape index (κ3) is 4.37. The maximum atomic E-state index is 11.9. The lowest BCUT2D eigenvalue weighted by atomic mass is 10.1. The van der Waals surface area contributed by atoms with Gasteiger partial charge in [0, 0.05) is 6.42 Å². The van der Waals surface area contributed by atoms with E-state index in [0.29, 0.717) is 23.8 Å². The van der Waals surface area contributed by atoms with Crippen molar-refractivity contribution in [1.82, 2.24) is 10.9 Å². The predicted octanol–water partition coefficient (Wildman–Crippen LogP) is 1.41. The summed E-state index contributed by atoms with van der Waals surface area (Å²) in [7, 11) is 0. The van der Waals surface area contributed by atoms with Gasteiger partial charge in [-0.15, -0.1) is 0 Å². The molecular weight excluding hydrogens is 272 g/mol. The van der Waals surface area contributed by atoms with Crippen LogP contribution in [0.25, 0.3) is 0 Å². The molecular formula is C15H20N2O4. The Balaban J connectivity index is 1.78. The van der Waals surface area contributed by atoms with Gasteiger partial charge in [0.1, 0.15) is 6.61 Å². The second-order valence-corrected chi connectivity index (χ2v) is 5.33. The van der Waals surface area contributed by atoms with Crippen LogP contribution >= 0.6 is 0 Å². The molecule has 2 rings (SSSR count). The average Bonchev–Trinajstić information content (AvgIpc) is 2.50. The third-order valence-corrected chi connectivity index (χ3v) is 3.07. The standard InChI is InChI=1S/C15H20N2O4/c1-10(2)7-8-14(18)16-17-15(19)13-9-20-11-5-3-4-6-12(11)21-13/h3-6,10,13H,7-9H2,1-2H3,(H,16,18)(H,17,19). The van der Waals surface area contributed by atoms with E-state index in [9.17, 15) is 9.59 Å². The number of amides is 2. The fourth-order valence-electron chi connectivity index (χ4n) is 1.84. The average molecular weight is 292 g/mol. The summed E-state index contributed by atoms with van der Waals surface area (Å²) in [5, 5.41) is 0. The Kier molecular flexibility index (Phi) is 5.03. The summed E-state index contributed by atoms with van der Waals surface area (Å²) in [6.45, 7) is 4.19. The van der Waals surface area contributed by atoms with Crippen molar-refractivity contribution in [3.8, 4) is 11.5 Å². The Labute approximate surface area is 123 Å². The molecule has 0 saturated carbocycles. The molecule has 114 valence electrons. The summed E-state index contributed by atoms with van der Waals surface area (Å²) in [5.74, 6) is 0.937. The first-order valence-corrected chi connectivity index (χ1v) is 7.03. The van der Waals surface area contributed by atoms with Crippen LogP contribution in [0.15, 0.2) is 24.3 Å². The molecule has 1 aromatic carbocycles. The van der Waals surface area contributed by atoms with Crippen LogP contribution in [0.5, 0.6) is 11.5 Å². The normalized spacial score (nSPS) is 16.4. The van der Waals surface area contributed by atoms with Crippen LogP contribution < -0.4 is 20.3 Å². The summed E-state index contributed by atoms with van der Waals surface area (Å²) in [6.07, 6.45) is 0.381. The van der Waals surface area contributed by atoms with Gasteiger partial charge in [0.2, 0.25) is 12.0 Å². The topological polar surface area (TPSA) is 76.7 Å². The van der Waals surface area contributed by atoms with Gasteiger partial charge < -0.3 is 9.47 Å². The van der Waals surface area contributed by atoms with Crippen LogP contribution in [0.2, 0.25) is 0 Å². The molecule has 1 atom stereocenters. The van der Waals surface area contributed by atoms with E-state index in [4.69, 9.17) is 9.47 Å². The molecule has 0 fully saturated rings. The predicted molar refractivity (Wildman–Crippen MR) is 76.7 cm³/mol. The summed E-state index contributed by atoms with van der Waals surface area (Å²) >= 11 is 0. The van der Waals surface area contributed by atoms with Crippen LogP contribution in [0.4, 0.5) is 0 Å². The molecule has 0 spiro atoms. The van der Waals surface area contributed by atoms with E-state index in [1.54, 1.807) is 18.2 Å². The number of carbonyl (C=O) groups is 2. The maximum Gasteiger partial charge on any atom is 0.283 e. The van der Waals surface area contributed by atoms with Crippen LogP contribution in [0.3, 0.4) is 0 Å². The Hall–Kier alpha value is -2.24. The highest BCUT2D eigenvalue weighted by molar-refractivity contribution is 5.85. The molecule has 6 nitrogen and oxygen atoms in total. The van der Waals surface area contributed by atoms with E-state index in [1.807, 2.05) is 19.9 Å². The number of para-hydroxylation sites is 2. The van der Waals surface area contributed by atoms with Crippen LogP contribution in [0.1, 0.15) is 26.7 Å². The molecule has 1 aliphatic rings. The largest absolute Gasteiger partial charge is 0.485 e. The van der Waals surface area contributed by atoms with E-state index >= 15 is 0 Å². The zero-order valence-electron chi connectivity index (χ0n) is 12.2. The van der Waals surface area contributed by atoms with Crippen molar-refractivity contribution in [2.24, 2.45) is 5.92 Å². The maximum absolute atomic E-state index is 11.9. The van der Waals surface area contributed by atoms with Crippen molar-refractivity contribution >= 4 is 11.8 Å². The van der Waals surface area contributed by atoms with Gasteiger partial charge in [-0.25, -0.2) is 0 Å². The van der Waals surface area contributed by atoms with Gasteiger partial charge in [0.25, 0.3) is 5.91 Å². The van der Waals surface area contributed by atoms with Crippen LogP contribution in [0, 0.1) is 5.92 Å². The minimum absolute atomic E-state index is 0.116. The minimum Gasteiger partial charge on any atom is -0.485 e. The second-order valence-electron chi connectivity index (χ2n) is 5.33. The molecule has 0 aliphatic carbocycles. The van der Waals surface area contributed by atoms with Gasteiger partial charge in [-0.3, -0.25) is 20.4 Å². The minimum atomic E-state index is -0.773. The van der Waals surface area contributed by atoms with Crippen LogP contribution in [-0.4, -0.2) is 24.5 Å². The Morgan fingerprint density at radius 2 is 1.95 bits per heavy atom. The number of hydrogen-bond donors (Lipinski definition) is 2. The lowest BCUT2D eigenvalue weighted by molar-refractivity contribution is -0.135. The number of hydrogen-bond acceptors (Lipinski definition) is 4. The zero-order valence-corrected chi connectivity index (χ0v) is 12.2. The first-order chi connectivity index (χ1) is 10.1. The highest BCUT2D eigenvalue weighted by Gasteiger charge is 2.27. The van der Waals surface area contributed by atoms with E-state index < -0.39 is 12.0 Å². The number of nitrogens with one attached hydrogen (secondary N) is 2. The van der Waals surface area contributed by atoms with Crippen molar-refractivity contribution < 1.29 is 19.1 Å². The number of ether oxygens (including phenoxy) is 2. The van der Waals surface area contributed by atoms with Crippen molar-refractivity contribution in [2.45, 2.75) is 32.8 Å².